The first-order valence-electron chi connectivity index (χ1n) is 14.9. The fourth-order valence-corrected chi connectivity index (χ4v) is 7.20. The number of fused-ring (bicyclic) bond motifs is 3. The highest BCUT2D eigenvalue weighted by molar-refractivity contribution is 6.01. The summed E-state index contributed by atoms with van der Waals surface area (Å²) in [6.07, 6.45) is 11.4. The van der Waals surface area contributed by atoms with Gasteiger partial charge in [-0.2, -0.15) is 5.10 Å². The first kappa shape index (κ1) is 25.7. The summed E-state index contributed by atoms with van der Waals surface area (Å²) in [6, 6.07) is 20.1. The van der Waals surface area contributed by atoms with E-state index in [9.17, 15) is 9.59 Å². The lowest BCUT2D eigenvalue weighted by Gasteiger charge is -2.36. The van der Waals surface area contributed by atoms with Crippen molar-refractivity contribution < 1.29 is 14.3 Å². The van der Waals surface area contributed by atoms with Gasteiger partial charge >= 0.3 is 0 Å². The Morgan fingerprint density at radius 1 is 1.00 bits per heavy atom. The number of aromatic nitrogens is 3. The van der Waals surface area contributed by atoms with Crippen LogP contribution < -0.4 is 10.1 Å². The number of ether oxygens (including phenoxy) is 1. The number of benzene rings is 2. The Balaban J connectivity index is 1.08. The van der Waals surface area contributed by atoms with Crippen LogP contribution in [0.5, 0.6) is 5.75 Å². The van der Waals surface area contributed by atoms with Crippen molar-refractivity contribution in [2.24, 2.45) is 5.92 Å². The van der Waals surface area contributed by atoms with Crippen LogP contribution in [0.4, 0.5) is 0 Å². The molecule has 210 valence electrons. The second-order valence-corrected chi connectivity index (χ2v) is 11.8. The Morgan fingerprint density at radius 2 is 1.78 bits per heavy atom. The fourth-order valence-electron chi connectivity index (χ4n) is 7.20. The van der Waals surface area contributed by atoms with E-state index in [1.165, 1.54) is 12.8 Å². The average Bonchev–Trinajstić information content (AvgIpc) is 3.75. The van der Waals surface area contributed by atoms with Crippen molar-refractivity contribution >= 4 is 23.2 Å². The number of carbonyl (C=O) groups is 2. The predicted octanol–water partition coefficient (Wildman–Crippen LogP) is 5.82. The molecular formula is C33H35N5O3. The first-order chi connectivity index (χ1) is 20.2. The minimum absolute atomic E-state index is 0.0973. The van der Waals surface area contributed by atoms with Gasteiger partial charge in [-0.05, 0) is 86.2 Å². The van der Waals surface area contributed by atoms with Crippen LogP contribution in [0.25, 0.3) is 22.2 Å². The number of piperidine rings is 1. The lowest BCUT2D eigenvalue weighted by molar-refractivity contribution is -0.123. The van der Waals surface area contributed by atoms with E-state index in [0.717, 1.165) is 78.5 Å². The van der Waals surface area contributed by atoms with Crippen molar-refractivity contribution in [3.8, 4) is 17.0 Å². The molecule has 0 radical (unpaired) electrons. The number of hydrogen-bond acceptors (Lipinski definition) is 5. The lowest BCUT2D eigenvalue weighted by Crippen LogP contribution is -2.45. The number of pyridine rings is 1. The van der Waals surface area contributed by atoms with E-state index in [1.54, 1.807) is 6.20 Å². The van der Waals surface area contributed by atoms with Crippen LogP contribution in [-0.2, 0) is 4.79 Å². The van der Waals surface area contributed by atoms with Crippen molar-refractivity contribution in [3.05, 3.63) is 78.1 Å². The second-order valence-electron chi connectivity index (χ2n) is 11.8. The molecule has 2 aromatic carbocycles. The monoisotopic (exact) mass is 549 g/mol. The van der Waals surface area contributed by atoms with Gasteiger partial charge in [0.25, 0.3) is 5.91 Å². The summed E-state index contributed by atoms with van der Waals surface area (Å²) in [7, 11) is 0. The Kier molecular flexibility index (Phi) is 6.90. The highest BCUT2D eigenvalue weighted by atomic mass is 16.5. The minimum Gasteiger partial charge on any atom is -0.490 e. The maximum Gasteiger partial charge on any atom is 0.251 e. The molecule has 3 aliphatic rings. The van der Waals surface area contributed by atoms with Gasteiger partial charge in [-0.3, -0.25) is 19.7 Å². The van der Waals surface area contributed by atoms with Gasteiger partial charge in [0.1, 0.15) is 11.9 Å². The molecule has 2 amide bonds. The quantitative estimate of drug-likeness (QED) is 0.270. The Hall–Kier alpha value is -4.20. The van der Waals surface area contributed by atoms with Crippen LogP contribution in [0.15, 0.2) is 66.9 Å². The molecule has 0 spiro atoms. The van der Waals surface area contributed by atoms with Crippen LogP contribution in [0.3, 0.4) is 0 Å². The lowest BCUT2D eigenvalue weighted by atomic mass is 9.94. The van der Waals surface area contributed by atoms with Crippen LogP contribution in [0.1, 0.15) is 73.5 Å². The largest absolute Gasteiger partial charge is 0.490 e. The molecule has 1 saturated carbocycles. The van der Waals surface area contributed by atoms with Gasteiger partial charge in [0.05, 0.1) is 22.9 Å². The molecule has 3 fully saturated rings. The van der Waals surface area contributed by atoms with Gasteiger partial charge < -0.3 is 15.0 Å². The molecule has 2 bridgehead atoms. The van der Waals surface area contributed by atoms with E-state index in [0.29, 0.717) is 23.6 Å². The third-order valence-electron chi connectivity index (χ3n) is 9.29. The summed E-state index contributed by atoms with van der Waals surface area (Å²) >= 11 is 0. The molecule has 1 unspecified atom stereocenters. The number of H-pyrrole nitrogens is 1. The van der Waals surface area contributed by atoms with Crippen molar-refractivity contribution in [2.45, 2.75) is 75.6 Å². The molecule has 2 saturated heterocycles. The van der Waals surface area contributed by atoms with Gasteiger partial charge in [-0.25, -0.2) is 0 Å². The summed E-state index contributed by atoms with van der Waals surface area (Å²) in [6.45, 7) is 0. The molecule has 4 atom stereocenters. The molecule has 8 heteroatoms. The van der Waals surface area contributed by atoms with E-state index in [-0.39, 0.29) is 18.1 Å². The van der Waals surface area contributed by atoms with Crippen molar-refractivity contribution in [3.63, 3.8) is 0 Å². The molecule has 8 nitrogen and oxygen atoms in total. The minimum atomic E-state index is -0.0980. The second kappa shape index (κ2) is 11.0. The van der Waals surface area contributed by atoms with Gasteiger partial charge in [0.15, 0.2) is 0 Å². The van der Waals surface area contributed by atoms with Crippen molar-refractivity contribution in [1.29, 1.82) is 0 Å². The van der Waals surface area contributed by atoms with Gasteiger partial charge in [0.2, 0.25) is 6.41 Å². The summed E-state index contributed by atoms with van der Waals surface area (Å²) in [5.74, 6) is 1.13. The number of nitrogens with zero attached hydrogens (tertiary/aromatic N) is 3. The van der Waals surface area contributed by atoms with E-state index in [4.69, 9.17) is 4.74 Å². The standard InChI is InChI=1S/C33H35N5O3/c39-20-38-24-11-12-25(38)19-27(18-24)41-26-13-8-22(9-14-26)31-28-17-23(10-15-29(28)36-37-31)33(40)35-32(21-5-1-2-6-21)30-7-3-4-16-34-30/h3-4,7-10,13-17,20-21,24-25,27,32H,1-2,5-6,11-12,18-19H2,(H,35,40)(H,36,37)/t24-,25+,27?,32-/m0/s1. The highest BCUT2D eigenvalue weighted by Crippen LogP contribution is 2.37. The van der Waals surface area contributed by atoms with Gasteiger partial charge in [-0.15, -0.1) is 0 Å². The molecule has 7 rings (SSSR count). The third kappa shape index (κ3) is 5.07. The van der Waals surface area contributed by atoms with E-state index in [2.05, 4.69) is 20.5 Å². The first-order valence-corrected chi connectivity index (χ1v) is 14.9. The Bertz CT molecular complexity index is 1520. The summed E-state index contributed by atoms with van der Waals surface area (Å²) < 4.78 is 6.33. The Labute approximate surface area is 239 Å². The summed E-state index contributed by atoms with van der Waals surface area (Å²) in [4.78, 5) is 31.5. The van der Waals surface area contributed by atoms with E-state index < -0.39 is 0 Å². The fraction of sp³-hybridized carbons (Fsp3) is 0.394. The van der Waals surface area contributed by atoms with Gasteiger partial charge in [0, 0.05) is 47.6 Å². The predicted molar refractivity (Wildman–Crippen MR) is 156 cm³/mol. The number of amides is 2. The highest BCUT2D eigenvalue weighted by Gasteiger charge is 2.40. The van der Waals surface area contributed by atoms with Crippen LogP contribution >= 0.6 is 0 Å². The molecule has 1 aliphatic carbocycles. The smallest absolute Gasteiger partial charge is 0.251 e. The molecule has 4 heterocycles. The zero-order valence-electron chi connectivity index (χ0n) is 23.0. The topological polar surface area (TPSA) is 100 Å². The van der Waals surface area contributed by atoms with E-state index >= 15 is 0 Å². The number of carbonyl (C=O) groups excluding carboxylic acids is 2. The maximum atomic E-state index is 13.5. The molecule has 2 aromatic heterocycles. The molecule has 41 heavy (non-hydrogen) atoms. The molecular weight excluding hydrogens is 514 g/mol. The van der Waals surface area contributed by atoms with Crippen LogP contribution in [0.2, 0.25) is 0 Å². The third-order valence-corrected chi connectivity index (χ3v) is 9.29. The number of hydrogen-bond donors (Lipinski definition) is 2. The number of nitrogens with one attached hydrogen (secondary N) is 2. The molecule has 4 aromatic rings. The normalized spacial score (nSPS) is 23.0. The van der Waals surface area contributed by atoms with E-state index in [1.807, 2.05) is 65.6 Å². The van der Waals surface area contributed by atoms with Crippen LogP contribution in [0, 0.1) is 5.92 Å². The maximum absolute atomic E-state index is 13.5. The number of aromatic amines is 1. The Morgan fingerprint density at radius 3 is 2.49 bits per heavy atom. The zero-order valence-corrected chi connectivity index (χ0v) is 23.0. The van der Waals surface area contributed by atoms with Crippen LogP contribution in [-0.4, -0.2) is 50.6 Å². The van der Waals surface area contributed by atoms with Crippen molar-refractivity contribution in [2.75, 3.05) is 0 Å². The molecule has 2 aliphatic heterocycles. The summed E-state index contributed by atoms with van der Waals surface area (Å²) in [5.41, 5.74) is 4.16. The SMILES string of the molecule is O=CN1[C@@H]2CC[C@H]1CC(Oc1ccc(-c3n[nH]c4ccc(C(=O)N[C@H](c5ccccn5)C5CCCC5)cc34)cc1)C2. The number of rotatable bonds is 8. The van der Waals surface area contributed by atoms with Crippen molar-refractivity contribution in [1.82, 2.24) is 25.4 Å². The summed E-state index contributed by atoms with van der Waals surface area (Å²) in [5, 5.41) is 11.9. The molecule has 2 N–H and O–H groups in total. The average molecular weight is 550 g/mol. The zero-order chi connectivity index (χ0) is 27.8. The van der Waals surface area contributed by atoms with Gasteiger partial charge in [-0.1, -0.05) is 18.9 Å².